The number of hydrogen-bond donors (Lipinski definition) is 0. The second-order valence-corrected chi connectivity index (χ2v) is 4.28. The second kappa shape index (κ2) is 6.70. The standard InChI is InChI=1S/C16H17NO3/c1-19-15-7-5-8-16(20-2)12(15)9-10-14(18)13-6-3-4-11-17-13/h3-8,11H,9-10H2,1-2H3. The van der Waals surface area contributed by atoms with Crippen molar-refractivity contribution >= 4 is 5.78 Å². The molecule has 1 aromatic carbocycles. The average molecular weight is 271 g/mol. The number of rotatable bonds is 6. The number of pyridine rings is 1. The molecule has 0 atom stereocenters. The van der Waals surface area contributed by atoms with Crippen molar-refractivity contribution in [3.63, 3.8) is 0 Å². The van der Waals surface area contributed by atoms with Gasteiger partial charge in [0.2, 0.25) is 0 Å². The average Bonchev–Trinajstić information content (AvgIpc) is 2.52. The number of aromatic nitrogens is 1. The number of ketones is 1. The fourth-order valence-corrected chi connectivity index (χ4v) is 2.07. The third-order valence-electron chi connectivity index (χ3n) is 3.08. The van der Waals surface area contributed by atoms with Crippen LogP contribution in [0, 0.1) is 0 Å². The summed E-state index contributed by atoms with van der Waals surface area (Å²) in [7, 11) is 3.22. The summed E-state index contributed by atoms with van der Waals surface area (Å²) in [5.41, 5.74) is 1.39. The van der Waals surface area contributed by atoms with Crippen LogP contribution in [0.15, 0.2) is 42.6 Å². The van der Waals surface area contributed by atoms with Crippen molar-refractivity contribution in [2.75, 3.05) is 14.2 Å². The predicted octanol–water partition coefficient (Wildman–Crippen LogP) is 2.91. The Balaban J connectivity index is 2.13. The number of carbonyl (C=O) groups is 1. The van der Waals surface area contributed by atoms with Crippen molar-refractivity contribution in [1.82, 2.24) is 4.98 Å². The van der Waals surface area contributed by atoms with E-state index in [0.29, 0.717) is 18.5 Å². The molecule has 0 N–H and O–H groups in total. The highest BCUT2D eigenvalue weighted by atomic mass is 16.5. The lowest BCUT2D eigenvalue weighted by Gasteiger charge is -2.12. The molecular weight excluding hydrogens is 254 g/mol. The summed E-state index contributed by atoms with van der Waals surface area (Å²) in [6, 6.07) is 10.9. The number of Topliss-reactive ketones (excluding diaryl/α,β-unsaturated/α-hetero) is 1. The molecule has 1 heterocycles. The third-order valence-corrected chi connectivity index (χ3v) is 3.08. The fourth-order valence-electron chi connectivity index (χ4n) is 2.07. The molecule has 0 unspecified atom stereocenters. The normalized spacial score (nSPS) is 10.1. The summed E-state index contributed by atoms with van der Waals surface area (Å²) >= 11 is 0. The van der Waals surface area contributed by atoms with Gasteiger partial charge in [0.1, 0.15) is 17.2 Å². The van der Waals surface area contributed by atoms with Crippen LogP contribution in [0.25, 0.3) is 0 Å². The molecule has 4 nitrogen and oxygen atoms in total. The topological polar surface area (TPSA) is 48.4 Å². The number of carbonyl (C=O) groups excluding carboxylic acids is 1. The lowest BCUT2D eigenvalue weighted by atomic mass is 10.0. The zero-order valence-electron chi connectivity index (χ0n) is 11.6. The lowest BCUT2D eigenvalue weighted by Crippen LogP contribution is -2.05. The van der Waals surface area contributed by atoms with E-state index in [2.05, 4.69) is 4.98 Å². The van der Waals surface area contributed by atoms with Crippen LogP contribution in [0.5, 0.6) is 11.5 Å². The molecule has 0 amide bonds. The first-order valence-electron chi connectivity index (χ1n) is 6.40. The van der Waals surface area contributed by atoms with Crippen molar-refractivity contribution in [2.45, 2.75) is 12.8 Å². The van der Waals surface area contributed by atoms with E-state index in [9.17, 15) is 4.79 Å². The van der Waals surface area contributed by atoms with E-state index >= 15 is 0 Å². The monoisotopic (exact) mass is 271 g/mol. The highest BCUT2D eigenvalue weighted by Gasteiger charge is 2.13. The first-order valence-corrected chi connectivity index (χ1v) is 6.40. The van der Waals surface area contributed by atoms with E-state index in [1.165, 1.54) is 0 Å². The maximum atomic E-state index is 12.1. The van der Waals surface area contributed by atoms with Crippen molar-refractivity contribution in [3.05, 3.63) is 53.9 Å². The van der Waals surface area contributed by atoms with Gasteiger partial charge in [0.15, 0.2) is 5.78 Å². The van der Waals surface area contributed by atoms with Gasteiger partial charge in [0.25, 0.3) is 0 Å². The molecule has 0 saturated carbocycles. The van der Waals surface area contributed by atoms with Crippen LogP contribution in [0.2, 0.25) is 0 Å². The zero-order chi connectivity index (χ0) is 14.4. The summed E-state index contributed by atoms with van der Waals surface area (Å²) < 4.78 is 10.6. The van der Waals surface area contributed by atoms with Gasteiger partial charge in [-0.15, -0.1) is 0 Å². The summed E-state index contributed by atoms with van der Waals surface area (Å²) in [5, 5.41) is 0. The van der Waals surface area contributed by atoms with Crippen LogP contribution in [0.3, 0.4) is 0 Å². The molecular formula is C16H17NO3. The van der Waals surface area contributed by atoms with Crippen molar-refractivity contribution in [2.24, 2.45) is 0 Å². The van der Waals surface area contributed by atoms with Crippen LogP contribution in [0.4, 0.5) is 0 Å². The molecule has 0 radical (unpaired) electrons. The molecule has 1 aromatic heterocycles. The SMILES string of the molecule is COc1cccc(OC)c1CCC(=O)c1ccccn1. The lowest BCUT2D eigenvalue weighted by molar-refractivity contribution is 0.0978. The molecule has 20 heavy (non-hydrogen) atoms. The van der Waals surface area contributed by atoms with E-state index < -0.39 is 0 Å². The van der Waals surface area contributed by atoms with Gasteiger partial charge in [-0.3, -0.25) is 9.78 Å². The van der Waals surface area contributed by atoms with Gasteiger partial charge >= 0.3 is 0 Å². The minimum absolute atomic E-state index is 0.0126. The molecule has 2 rings (SSSR count). The summed E-state index contributed by atoms with van der Waals surface area (Å²) in [6.45, 7) is 0. The summed E-state index contributed by atoms with van der Waals surface area (Å²) in [5.74, 6) is 1.48. The van der Waals surface area contributed by atoms with E-state index in [1.807, 2.05) is 24.3 Å². The number of benzene rings is 1. The van der Waals surface area contributed by atoms with Crippen LogP contribution in [-0.2, 0) is 6.42 Å². The van der Waals surface area contributed by atoms with Crippen molar-refractivity contribution < 1.29 is 14.3 Å². The van der Waals surface area contributed by atoms with Crippen LogP contribution in [-0.4, -0.2) is 25.0 Å². The van der Waals surface area contributed by atoms with Gasteiger partial charge in [-0.2, -0.15) is 0 Å². The molecule has 104 valence electrons. The third kappa shape index (κ3) is 3.15. The maximum absolute atomic E-state index is 12.1. The van der Waals surface area contributed by atoms with E-state index in [1.54, 1.807) is 32.5 Å². The highest BCUT2D eigenvalue weighted by molar-refractivity contribution is 5.94. The van der Waals surface area contributed by atoms with E-state index in [4.69, 9.17) is 9.47 Å². The molecule has 0 bridgehead atoms. The largest absolute Gasteiger partial charge is 0.496 e. The first-order chi connectivity index (χ1) is 9.76. The number of nitrogens with zero attached hydrogens (tertiary/aromatic N) is 1. The van der Waals surface area contributed by atoms with E-state index in [0.717, 1.165) is 17.1 Å². The molecule has 0 aliphatic rings. The Morgan fingerprint density at radius 2 is 1.75 bits per heavy atom. The predicted molar refractivity (Wildman–Crippen MR) is 76.4 cm³/mol. The second-order valence-electron chi connectivity index (χ2n) is 4.28. The van der Waals surface area contributed by atoms with Crippen LogP contribution < -0.4 is 9.47 Å². The number of hydrogen-bond acceptors (Lipinski definition) is 4. The molecule has 0 aliphatic carbocycles. The van der Waals surface area contributed by atoms with Gasteiger partial charge in [-0.05, 0) is 30.7 Å². The van der Waals surface area contributed by atoms with Gasteiger partial charge in [0.05, 0.1) is 14.2 Å². The summed E-state index contributed by atoms with van der Waals surface area (Å²) in [4.78, 5) is 16.1. The Labute approximate surface area is 118 Å². The Morgan fingerprint density at radius 3 is 2.30 bits per heavy atom. The molecule has 0 saturated heterocycles. The smallest absolute Gasteiger partial charge is 0.181 e. The molecule has 0 fully saturated rings. The Bertz CT molecular complexity index is 559. The van der Waals surface area contributed by atoms with Crippen LogP contribution in [0.1, 0.15) is 22.5 Å². The van der Waals surface area contributed by atoms with Gasteiger partial charge in [0, 0.05) is 18.2 Å². The minimum atomic E-state index is 0.0126. The Hall–Kier alpha value is -2.36. The molecule has 0 spiro atoms. The van der Waals surface area contributed by atoms with Gasteiger partial charge in [-0.25, -0.2) is 0 Å². The summed E-state index contributed by atoms with van der Waals surface area (Å²) in [6.07, 6.45) is 2.55. The molecule has 4 heteroatoms. The molecule has 0 aliphatic heterocycles. The Kier molecular flexibility index (Phi) is 4.71. The number of methoxy groups -OCH3 is 2. The van der Waals surface area contributed by atoms with Crippen molar-refractivity contribution in [1.29, 1.82) is 0 Å². The Morgan fingerprint density at radius 1 is 1.05 bits per heavy atom. The zero-order valence-corrected chi connectivity index (χ0v) is 11.6. The first kappa shape index (κ1) is 14.1. The van der Waals surface area contributed by atoms with Gasteiger partial charge < -0.3 is 9.47 Å². The fraction of sp³-hybridized carbons (Fsp3) is 0.250. The van der Waals surface area contributed by atoms with E-state index in [-0.39, 0.29) is 5.78 Å². The maximum Gasteiger partial charge on any atom is 0.181 e. The van der Waals surface area contributed by atoms with Crippen LogP contribution >= 0.6 is 0 Å². The van der Waals surface area contributed by atoms with Gasteiger partial charge in [-0.1, -0.05) is 12.1 Å². The number of ether oxygens (including phenoxy) is 2. The molecule has 2 aromatic rings. The minimum Gasteiger partial charge on any atom is -0.496 e. The quantitative estimate of drug-likeness (QED) is 0.758. The highest BCUT2D eigenvalue weighted by Crippen LogP contribution is 2.29. The van der Waals surface area contributed by atoms with Crippen molar-refractivity contribution in [3.8, 4) is 11.5 Å².